The number of thioether (sulfide) groups is 1. The van der Waals surface area contributed by atoms with E-state index in [1.807, 2.05) is 32.2 Å². The van der Waals surface area contributed by atoms with Gasteiger partial charge in [0.25, 0.3) is 0 Å². The Morgan fingerprint density at radius 1 is 1.36 bits per heavy atom. The molecule has 3 heteroatoms. The molecule has 0 aliphatic heterocycles. The predicted octanol–water partition coefficient (Wildman–Crippen LogP) is 3.20. The molecule has 0 heterocycles. The van der Waals surface area contributed by atoms with Crippen LogP contribution < -0.4 is 0 Å². The van der Waals surface area contributed by atoms with Crippen LogP contribution in [0.15, 0.2) is 17.1 Å². The van der Waals surface area contributed by atoms with Crippen molar-refractivity contribution < 1.29 is 0 Å². The van der Waals surface area contributed by atoms with E-state index in [4.69, 9.17) is 5.26 Å². The van der Waals surface area contributed by atoms with Crippen molar-refractivity contribution in [3.63, 3.8) is 0 Å². The largest absolute Gasteiger partial charge is 0.250 e. The van der Waals surface area contributed by atoms with Gasteiger partial charge in [0.1, 0.15) is 0 Å². The average Bonchev–Trinajstić information content (AvgIpc) is 2.14. The van der Waals surface area contributed by atoms with Gasteiger partial charge in [-0.3, -0.25) is 4.99 Å². The summed E-state index contributed by atoms with van der Waals surface area (Å²) in [6.07, 6.45) is 1.97. The molecular weight excluding hydrogens is 192 g/mol. The molecule has 72 valence electrons. The Balaban J connectivity index is 3.16. The molecule has 0 aliphatic carbocycles. The second-order valence-electron chi connectivity index (χ2n) is 3.04. The summed E-state index contributed by atoms with van der Waals surface area (Å²) in [6.45, 7) is 3.87. The smallest absolute Gasteiger partial charge is 0.0997 e. The normalized spacial score (nSPS) is 10.4. The summed E-state index contributed by atoms with van der Waals surface area (Å²) < 4.78 is 0. The highest BCUT2D eigenvalue weighted by Crippen LogP contribution is 2.21. The van der Waals surface area contributed by atoms with Crippen molar-refractivity contribution in [2.75, 3.05) is 6.26 Å². The predicted molar refractivity (Wildman–Crippen MR) is 62.3 cm³/mol. The standard InChI is InChI=1S/C11H12N2S/c1-8-4-10(13-7-14-3)5-9(2)11(8)6-12/h4-5,7H,1-3H3. The minimum atomic E-state index is 0.758. The molecule has 1 aromatic carbocycles. The molecule has 0 bridgehead atoms. The molecule has 2 nitrogen and oxygen atoms in total. The highest BCUT2D eigenvalue weighted by molar-refractivity contribution is 8.11. The molecule has 0 aliphatic rings. The lowest BCUT2D eigenvalue weighted by atomic mass is 10.0. The number of nitrogens with zero attached hydrogens (tertiary/aromatic N) is 2. The summed E-state index contributed by atoms with van der Waals surface area (Å²) in [5.74, 6) is 0. The van der Waals surface area contributed by atoms with E-state index in [0.29, 0.717) is 0 Å². The molecule has 0 atom stereocenters. The van der Waals surface area contributed by atoms with Crippen LogP contribution in [0.5, 0.6) is 0 Å². The fraction of sp³-hybridized carbons (Fsp3) is 0.273. The highest BCUT2D eigenvalue weighted by atomic mass is 32.2. The first-order valence-corrected chi connectivity index (χ1v) is 5.54. The Hall–Kier alpha value is -1.27. The van der Waals surface area contributed by atoms with Gasteiger partial charge in [-0.05, 0) is 43.4 Å². The van der Waals surface area contributed by atoms with E-state index in [0.717, 1.165) is 22.4 Å². The van der Waals surface area contributed by atoms with E-state index in [-0.39, 0.29) is 0 Å². The van der Waals surface area contributed by atoms with E-state index in [9.17, 15) is 0 Å². The SMILES string of the molecule is CSC=Nc1cc(C)c(C#N)c(C)c1. The van der Waals surface area contributed by atoms with Gasteiger partial charge < -0.3 is 0 Å². The molecule has 0 N–H and O–H groups in total. The van der Waals surface area contributed by atoms with Crippen molar-refractivity contribution in [3.8, 4) is 6.07 Å². The van der Waals surface area contributed by atoms with Crippen LogP contribution in [-0.4, -0.2) is 11.8 Å². The van der Waals surface area contributed by atoms with Crippen LogP contribution in [0.3, 0.4) is 0 Å². The number of aryl methyl sites for hydroxylation is 2. The van der Waals surface area contributed by atoms with Gasteiger partial charge in [0.05, 0.1) is 22.9 Å². The average molecular weight is 204 g/mol. The van der Waals surface area contributed by atoms with Gasteiger partial charge in [0.15, 0.2) is 0 Å². The Bertz CT molecular complexity index is 379. The van der Waals surface area contributed by atoms with Crippen molar-refractivity contribution in [2.24, 2.45) is 4.99 Å². The zero-order chi connectivity index (χ0) is 10.6. The number of benzene rings is 1. The summed E-state index contributed by atoms with van der Waals surface area (Å²) >= 11 is 1.56. The zero-order valence-corrected chi connectivity index (χ0v) is 9.35. The van der Waals surface area contributed by atoms with E-state index >= 15 is 0 Å². The van der Waals surface area contributed by atoms with Crippen molar-refractivity contribution in [3.05, 3.63) is 28.8 Å². The Morgan fingerprint density at radius 3 is 2.36 bits per heavy atom. The number of hydrogen-bond acceptors (Lipinski definition) is 3. The summed E-state index contributed by atoms with van der Waals surface area (Å²) in [4.78, 5) is 4.25. The number of hydrogen-bond donors (Lipinski definition) is 0. The van der Waals surface area contributed by atoms with Crippen LogP contribution in [-0.2, 0) is 0 Å². The Labute approximate surface area is 88.7 Å². The molecular formula is C11H12N2S. The van der Waals surface area contributed by atoms with E-state index in [2.05, 4.69) is 11.1 Å². The lowest BCUT2D eigenvalue weighted by Gasteiger charge is -2.03. The fourth-order valence-electron chi connectivity index (χ4n) is 1.31. The Kier molecular flexibility index (Phi) is 3.73. The van der Waals surface area contributed by atoms with Crippen LogP contribution in [0, 0.1) is 25.2 Å². The minimum absolute atomic E-state index is 0.758. The van der Waals surface area contributed by atoms with E-state index in [1.54, 1.807) is 17.3 Å². The van der Waals surface area contributed by atoms with Gasteiger partial charge in [0.2, 0.25) is 0 Å². The monoisotopic (exact) mass is 204 g/mol. The van der Waals surface area contributed by atoms with Gasteiger partial charge >= 0.3 is 0 Å². The summed E-state index contributed by atoms with van der Waals surface area (Å²) in [5.41, 5.74) is 5.43. The number of aliphatic imine (C=N–C) groups is 1. The van der Waals surface area contributed by atoms with Gasteiger partial charge in [-0.15, -0.1) is 11.8 Å². The maximum absolute atomic E-state index is 8.87. The van der Waals surface area contributed by atoms with Gasteiger partial charge in [0, 0.05) is 0 Å². The molecule has 0 aromatic heterocycles. The summed E-state index contributed by atoms with van der Waals surface area (Å²) in [6, 6.07) is 6.05. The molecule has 0 spiro atoms. The molecule has 0 saturated heterocycles. The molecule has 1 aromatic rings. The lowest BCUT2D eigenvalue weighted by Crippen LogP contribution is -1.86. The van der Waals surface area contributed by atoms with Crippen LogP contribution >= 0.6 is 11.8 Å². The number of rotatable bonds is 2. The fourth-order valence-corrected chi connectivity index (χ4v) is 1.53. The molecule has 0 unspecified atom stereocenters. The van der Waals surface area contributed by atoms with Crippen molar-refractivity contribution in [1.29, 1.82) is 5.26 Å². The number of nitriles is 1. The Morgan fingerprint density at radius 2 is 1.93 bits per heavy atom. The van der Waals surface area contributed by atoms with Crippen molar-refractivity contribution >= 4 is 23.0 Å². The second-order valence-corrected chi connectivity index (χ2v) is 3.72. The van der Waals surface area contributed by atoms with Crippen LogP contribution in [0.2, 0.25) is 0 Å². The third-order valence-electron chi connectivity index (χ3n) is 1.94. The first kappa shape index (κ1) is 10.8. The first-order chi connectivity index (χ1) is 6.69. The van der Waals surface area contributed by atoms with Crippen molar-refractivity contribution in [1.82, 2.24) is 0 Å². The highest BCUT2D eigenvalue weighted by Gasteiger charge is 2.02. The van der Waals surface area contributed by atoms with Crippen LogP contribution in [0.25, 0.3) is 0 Å². The minimum Gasteiger partial charge on any atom is -0.250 e. The third-order valence-corrected chi connectivity index (χ3v) is 2.25. The van der Waals surface area contributed by atoms with Gasteiger partial charge in [-0.2, -0.15) is 5.26 Å². The molecule has 0 fully saturated rings. The van der Waals surface area contributed by atoms with E-state index in [1.165, 1.54) is 0 Å². The maximum Gasteiger partial charge on any atom is 0.0997 e. The first-order valence-electron chi connectivity index (χ1n) is 4.25. The van der Waals surface area contributed by atoms with Gasteiger partial charge in [-0.1, -0.05) is 0 Å². The molecule has 0 amide bonds. The van der Waals surface area contributed by atoms with Crippen molar-refractivity contribution in [2.45, 2.75) is 13.8 Å². The quantitative estimate of drug-likeness (QED) is 0.548. The molecule has 0 radical (unpaired) electrons. The van der Waals surface area contributed by atoms with E-state index < -0.39 is 0 Å². The second kappa shape index (κ2) is 4.83. The van der Waals surface area contributed by atoms with Gasteiger partial charge in [-0.25, -0.2) is 0 Å². The van der Waals surface area contributed by atoms with Crippen LogP contribution in [0.4, 0.5) is 5.69 Å². The third kappa shape index (κ3) is 2.36. The molecule has 0 saturated carbocycles. The zero-order valence-electron chi connectivity index (χ0n) is 8.53. The molecule has 14 heavy (non-hydrogen) atoms. The summed E-state index contributed by atoms with van der Waals surface area (Å²) in [7, 11) is 0. The molecule has 1 rings (SSSR count). The summed E-state index contributed by atoms with van der Waals surface area (Å²) in [5, 5.41) is 8.87. The van der Waals surface area contributed by atoms with Crippen LogP contribution in [0.1, 0.15) is 16.7 Å². The maximum atomic E-state index is 8.87. The lowest BCUT2D eigenvalue weighted by molar-refractivity contribution is 1.31. The topological polar surface area (TPSA) is 36.1 Å².